The second kappa shape index (κ2) is 4.89. The SMILES string of the molecule is CC(Cl)C(=O)N1CCc2[nH]c3ccccc3c2CC1. The van der Waals surface area contributed by atoms with Crippen LogP contribution in [0.2, 0.25) is 0 Å². The van der Waals surface area contributed by atoms with Gasteiger partial charge in [-0.3, -0.25) is 4.79 Å². The zero-order valence-electron chi connectivity index (χ0n) is 10.9. The van der Waals surface area contributed by atoms with E-state index in [4.69, 9.17) is 11.6 Å². The fourth-order valence-electron chi connectivity index (χ4n) is 2.83. The van der Waals surface area contributed by atoms with Crippen molar-refractivity contribution in [2.45, 2.75) is 25.1 Å². The Hall–Kier alpha value is -1.48. The lowest BCUT2D eigenvalue weighted by Gasteiger charge is -2.21. The van der Waals surface area contributed by atoms with Crippen molar-refractivity contribution in [2.24, 2.45) is 0 Å². The van der Waals surface area contributed by atoms with Crippen molar-refractivity contribution in [3.8, 4) is 0 Å². The first-order valence-electron chi connectivity index (χ1n) is 6.68. The Morgan fingerprint density at radius 3 is 2.84 bits per heavy atom. The molecule has 4 heteroatoms. The maximum absolute atomic E-state index is 12.0. The number of carbonyl (C=O) groups excluding carboxylic acids is 1. The predicted octanol–water partition coefficient (Wildman–Crippen LogP) is 2.72. The van der Waals surface area contributed by atoms with Crippen LogP contribution in [-0.4, -0.2) is 34.3 Å². The van der Waals surface area contributed by atoms with E-state index in [1.54, 1.807) is 6.92 Å². The van der Waals surface area contributed by atoms with Gasteiger partial charge < -0.3 is 9.88 Å². The molecule has 3 rings (SSSR count). The average molecular weight is 277 g/mol. The minimum absolute atomic E-state index is 0.0381. The molecule has 0 aliphatic carbocycles. The van der Waals surface area contributed by atoms with E-state index in [-0.39, 0.29) is 5.91 Å². The van der Waals surface area contributed by atoms with Gasteiger partial charge >= 0.3 is 0 Å². The summed E-state index contributed by atoms with van der Waals surface area (Å²) in [5.41, 5.74) is 3.81. The van der Waals surface area contributed by atoms with Crippen LogP contribution >= 0.6 is 11.6 Å². The van der Waals surface area contributed by atoms with Gasteiger partial charge in [0.2, 0.25) is 5.91 Å². The number of hydrogen-bond acceptors (Lipinski definition) is 1. The number of H-pyrrole nitrogens is 1. The summed E-state index contributed by atoms with van der Waals surface area (Å²) >= 11 is 5.90. The molecule has 1 aliphatic heterocycles. The van der Waals surface area contributed by atoms with Gasteiger partial charge in [0.1, 0.15) is 5.38 Å². The molecule has 0 spiro atoms. The van der Waals surface area contributed by atoms with Crippen molar-refractivity contribution in [2.75, 3.05) is 13.1 Å². The Labute approximate surface area is 117 Å². The molecule has 0 saturated heterocycles. The van der Waals surface area contributed by atoms with Crippen molar-refractivity contribution in [1.29, 1.82) is 0 Å². The van der Waals surface area contributed by atoms with Gasteiger partial charge in [-0.15, -0.1) is 11.6 Å². The van der Waals surface area contributed by atoms with Gasteiger partial charge in [0.25, 0.3) is 0 Å². The zero-order valence-corrected chi connectivity index (χ0v) is 11.7. The topological polar surface area (TPSA) is 36.1 Å². The lowest BCUT2D eigenvalue weighted by molar-refractivity contribution is -0.130. The highest BCUT2D eigenvalue weighted by Crippen LogP contribution is 2.25. The summed E-state index contributed by atoms with van der Waals surface area (Å²) in [6.45, 7) is 3.24. The first-order chi connectivity index (χ1) is 9.16. The van der Waals surface area contributed by atoms with E-state index in [9.17, 15) is 4.79 Å². The van der Waals surface area contributed by atoms with Crippen LogP contribution < -0.4 is 0 Å². The van der Waals surface area contributed by atoms with Gasteiger partial charge in [-0.1, -0.05) is 18.2 Å². The number of aromatic amines is 1. The van der Waals surface area contributed by atoms with Gasteiger partial charge in [-0.05, 0) is 25.0 Å². The van der Waals surface area contributed by atoms with E-state index in [0.717, 1.165) is 25.9 Å². The third-order valence-electron chi connectivity index (χ3n) is 3.82. The number of nitrogens with zero attached hydrogens (tertiary/aromatic N) is 1. The summed E-state index contributed by atoms with van der Waals surface area (Å²) in [4.78, 5) is 17.3. The number of amides is 1. The van der Waals surface area contributed by atoms with Crippen LogP contribution in [-0.2, 0) is 17.6 Å². The van der Waals surface area contributed by atoms with Crippen molar-refractivity contribution in [3.05, 3.63) is 35.5 Å². The standard InChI is InChI=1S/C15H17ClN2O/c1-10(16)15(19)18-8-6-12-11-4-2-3-5-13(11)17-14(12)7-9-18/h2-5,10,17H,6-9H2,1H3. The first kappa shape index (κ1) is 12.5. The Morgan fingerprint density at radius 1 is 1.32 bits per heavy atom. The molecule has 100 valence electrons. The summed E-state index contributed by atoms with van der Waals surface area (Å²) in [6, 6.07) is 8.36. The van der Waals surface area contributed by atoms with E-state index in [1.165, 1.54) is 22.2 Å². The number of rotatable bonds is 1. The molecule has 1 aromatic heterocycles. The van der Waals surface area contributed by atoms with Crippen molar-refractivity contribution >= 4 is 28.4 Å². The van der Waals surface area contributed by atoms with Gasteiger partial charge in [-0.25, -0.2) is 0 Å². The lowest BCUT2D eigenvalue weighted by atomic mass is 10.1. The Bertz CT molecular complexity index is 618. The quantitative estimate of drug-likeness (QED) is 0.799. The summed E-state index contributed by atoms with van der Waals surface area (Å²) in [5.74, 6) is 0.0381. The Kier molecular flexibility index (Phi) is 3.23. The van der Waals surface area contributed by atoms with Gasteiger partial charge in [0.05, 0.1) is 0 Å². The van der Waals surface area contributed by atoms with Crippen LogP contribution in [0.1, 0.15) is 18.2 Å². The molecule has 0 bridgehead atoms. The fourth-order valence-corrected chi connectivity index (χ4v) is 2.97. The van der Waals surface area contributed by atoms with Gasteiger partial charge in [0.15, 0.2) is 0 Å². The van der Waals surface area contributed by atoms with Crippen LogP contribution in [0.3, 0.4) is 0 Å². The zero-order chi connectivity index (χ0) is 13.4. The van der Waals surface area contributed by atoms with Gasteiger partial charge in [-0.2, -0.15) is 0 Å². The second-order valence-electron chi connectivity index (χ2n) is 5.07. The number of alkyl halides is 1. The third kappa shape index (κ3) is 2.23. The molecule has 1 N–H and O–H groups in total. The first-order valence-corrected chi connectivity index (χ1v) is 7.12. The minimum Gasteiger partial charge on any atom is -0.358 e. The normalized spacial score (nSPS) is 17.1. The van der Waals surface area contributed by atoms with Crippen LogP contribution in [0.25, 0.3) is 10.9 Å². The van der Waals surface area contributed by atoms with Crippen LogP contribution in [0.4, 0.5) is 0 Å². The molecule has 1 aromatic carbocycles. The maximum Gasteiger partial charge on any atom is 0.240 e. The van der Waals surface area contributed by atoms with E-state index < -0.39 is 5.38 Å². The fraction of sp³-hybridized carbons (Fsp3) is 0.400. The molecule has 3 nitrogen and oxygen atoms in total. The molecule has 0 fully saturated rings. The molecule has 2 heterocycles. The molecule has 0 saturated carbocycles. The third-order valence-corrected chi connectivity index (χ3v) is 4.00. The Balaban J connectivity index is 1.89. The smallest absolute Gasteiger partial charge is 0.240 e. The van der Waals surface area contributed by atoms with E-state index in [1.807, 2.05) is 11.0 Å². The van der Waals surface area contributed by atoms with Crippen LogP contribution in [0, 0.1) is 0 Å². The molecular weight excluding hydrogens is 260 g/mol. The molecule has 1 unspecified atom stereocenters. The van der Waals surface area contributed by atoms with Crippen molar-refractivity contribution in [3.63, 3.8) is 0 Å². The largest absolute Gasteiger partial charge is 0.358 e. The molecule has 1 amide bonds. The molecule has 1 atom stereocenters. The van der Waals surface area contributed by atoms with Crippen LogP contribution in [0.15, 0.2) is 24.3 Å². The summed E-state index contributed by atoms with van der Waals surface area (Å²) < 4.78 is 0. The van der Waals surface area contributed by atoms with E-state index in [2.05, 4.69) is 23.2 Å². The van der Waals surface area contributed by atoms with Crippen molar-refractivity contribution in [1.82, 2.24) is 9.88 Å². The molecular formula is C15H17ClN2O. The van der Waals surface area contributed by atoms with Gasteiger partial charge in [0, 0.05) is 36.1 Å². The second-order valence-corrected chi connectivity index (χ2v) is 5.72. The number of halogens is 1. The summed E-state index contributed by atoms with van der Waals surface area (Å²) in [5, 5.41) is 0.846. The predicted molar refractivity (Wildman–Crippen MR) is 77.6 cm³/mol. The summed E-state index contributed by atoms with van der Waals surface area (Å²) in [6.07, 6.45) is 1.77. The molecule has 0 radical (unpaired) electrons. The highest BCUT2D eigenvalue weighted by Gasteiger charge is 2.23. The Morgan fingerprint density at radius 2 is 2.05 bits per heavy atom. The van der Waals surface area contributed by atoms with Crippen molar-refractivity contribution < 1.29 is 4.79 Å². The highest BCUT2D eigenvalue weighted by molar-refractivity contribution is 6.30. The average Bonchev–Trinajstić information content (AvgIpc) is 2.63. The number of benzene rings is 1. The highest BCUT2D eigenvalue weighted by atomic mass is 35.5. The number of hydrogen-bond donors (Lipinski definition) is 1. The molecule has 2 aromatic rings. The number of nitrogens with one attached hydrogen (secondary N) is 1. The maximum atomic E-state index is 12.0. The summed E-state index contributed by atoms with van der Waals surface area (Å²) in [7, 11) is 0. The van der Waals surface area contributed by atoms with E-state index in [0.29, 0.717) is 0 Å². The number of fused-ring (bicyclic) bond motifs is 3. The molecule has 19 heavy (non-hydrogen) atoms. The number of aromatic nitrogens is 1. The molecule has 1 aliphatic rings. The lowest BCUT2D eigenvalue weighted by Crippen LogP contribution is -2.37. The number of para-hydroxylation sites is 1. The van der Waals surface area contributed by atoms with Crippen LogP contribution in [0.5, 0.6) is 0 Å². The monoisotopic (exact) mass is 276 g/mol. The van der Waals surface area contributed by atoms with E-state index >= 15 is 0 Å². The minimum atomic E-state index is -0.437. The number of carbonyl (C=O) groups is 1.